The molecule has 0 unspecified atom stereocenters. The van der Waals surface area contributed by atoms with Crippen LogP contribution in [0.15, 0.2) is 24.3 Å². The average molecular weight is 311 g/mol. The molecule has 0 radical (unpaired) electrons. The molecule has 1 aliphatic heterocycles. The summed E-state index contributed by atoms with van der Waals surface area (Å²) < 4.78 is 12.0. The van der Waals surface area contributed by atoms with Gasteiger partial charge in [0, 0.05) is 16.5 Å². The van der Waals surface area contributed by atoms with Crippen LogP contribution in [0.2, 0.25) is 5.02 Å². The van der Waals surface area contributed by atoms with E-state index in [0.29, 0.717) is 31.1 Å². The number of aliphatic carboxylic acids is 1. The van der Waals surface area contributed by atoms with Gasteiger partial charge in [0.25, 0.3) is 0 Å². The van der Waals surface area contributed by atoms with Crippen molar-refractivity contribution in [3.8, 4) is 0 Å². The molecule has 1 saturated carbocycles. The molecule has 0 aromatic heterocycles. The van der Waals surface area contributed by atoms with Crippen molar-refractivity contribution in [3.05, 3.63) is 34.9 Å². The lowest BCUT2D eigenvalue weighted by molar-refractivity contribution is -0.214. The number of carboxylic acids is 1. The summed E-state index contributed by atoms with van der Waals surface area (Å²) in [4.78, 5) is 11.1. The number of carbonyl (C=O) groups is 1. The third kappa shape index (κ3) is 2.80. The second-order valence-electron chi connectivity index (χ2n) is 5.76. The smallest absolute Gasteiger partial charge is 0.306 e. The third-order valence-corrected chi connectivity index (χ3v) is 4.83. The van der Waals surface area contributed by atoms with Crippen molar-refractivity contribution in [2.24, 2.45) is 11.8 Å². The van der Waals surface area contributed by atoms with Crippen LogP contribution in [0.1, 0.15) is 31.2 Å². The van der Waals surface area contributed by atoms with E-state index in [-0.39, 0.29) is 11.8 Å². The predicted octanol–water partition coefficient (Wildman–Crippen LogP) is 3.43. The van der Waals surface area contributed by atoms with Gasteiger partial charge in [0.2, 0.25) is 0 Å². The molecule has 2 aliphatic rings. The SMILES string of the molecule is O=C(O)C1CCC(C2(c3ccc(Cl)cc3)OCCO2)CC1. The van der Waals surface area contributed by atoms with Crippen LogP contribution in [-0.4, -0.2) is 24.3 Å². The van der Waals surface area contributed by atoms with Gasteiger partial charge in [0.15, 0.2) is 5.79 Å². The summed E-state index contributed by atoms with van der Waals surface area (Å²) in [5, 5.41) is 9.81. The second kappa shape index (κ2) is 5.95. The standard InChI is InChI=1S/C16H19ClO4/c17-14-7-5-13(6-8-14)16(20-9-10-21-16)12-3-1-11(2-4-12)15(18)19/h5-8,11-12H,1-4,9-10H2,(H,18,19). The highest BCUT2D eigenvalue weighted by Crippen LogP contribution is 2.46. The van der Waals surface area contributed by atoms with Gasteiger partial charge in [-0.3, -0.25) is 4.79 Å². The predicted molar refractivity (Wildman–Crippen MR) is 78.1 cm³/mol. The minimum absolute atomic E-state index is 0.191. The first kappa shape index (κ1) is 14.8. The Bertz CT molecular complexity index is 500. The second-order valence-corrected chi connectivity index (χ2v) is 6.19. The van der Waals surface area contributed by atoms with Crippen LogP contribution < -0.4 is 0 Å². The van der Waals surface area contributed by atoms with Crippen LogP contribution >= 0.6 is 11.6 Å². The van der Waals surface area contributed by atoms with Crippen molar-refractivity contribution >= 4 is 17.6 Å². The number of ether oxygens (including phenoxy) is 2. The molecule has 5 heteroatoms. The zero-order valence-electron chi connectivity index (χ0n) is 11.8. The molecule has 4 nitrogen and oxygen atoms in total. The lowest BCUT2D eigenvalue weighted by Gasteiger charge is -2.39. The average Bonchev–Trinajstić information content (AvgIpc) is 2.99. The van der Waals surface area contributed by atoms with E-state index in [0.717, 1.165) is 18.4 Å². The number of hydrogen-bond donors (Lipinski definition) is 1. The van der Waals surface area contributed by atoms with Crippen molar-refractivity contribution in [1.29, 1.82) is 0 Å². The van der Waals surface area contributed by atoms with Gasteiger partial charge in [-0.15, -0.1) is 0 Å². The third-order valence-electron chi connectivity index (χ3n) is 4.58. The Morgan fingerprint density at radius 3 is 2.19 bits per heavy atom. The van der Waals surface area contributed by atoms with E-state index >= 15 is 0 Å². The largest absolute Gasteiger partial charge is 0.481 e. The number of rotatable bonds is 3. The van der Waals surface area contributed by atoms with Gasteiger partial charge in [-0.2, -0.15) is 0 Å². The lowest BCUT2D eigenvalue weighted by atomic mass is 9.76. The van der Waals surface area contributed by atoms with Gasteiger partial charge in [0.1, 0.15) is 0 Å². The fraction of sp³-hybridized carbons (Fsp3) is 0.562. The highest BCUT2D eigenvalue weighted by molar-refractivity contribution is 6.30. The molecule has 0 spiro atoms. The molecule has 2 fully saturated rings. The lowest BCUT2D eigenvalue weighted by Crippen LogP contribution is -2.39. The molecule has 0 atom stereocenters. The van der Waals surface area contributed by atoms with Crippen molar-refractivity contribution in [2.45, 2.75) is 31.5 Å². The molecule has 0 amide bonds. The molecule has 1 heterocycles. The highest BCUT2D eigenvalue weighted by atomic mass is 35.5. The van der Waals surface area contributed by atoms with Crippen molar-refractivity contribution in [2.75, 3.05) is 13.2 Å². The zero-order valence-corrected chi connectivity index (χ0v) is 12.5. The summed E-state index contributed by atoms with van der Waals surface area (Å²) in [7, 11) is 0. The van der Waals surface area contributed by atoms with E-state index in [1.165, 1.54) is 0 Å². The molecule has 21 heavy (non-hydrogen) atoms. The van der Waals surface area contributed by atoms with Gasteiger partial charge in [-0.05, 0) is 37.8 Å². The summed E-state index contributed by atoms with van der Waals surface area (Å²) in [6.07, 6.45) is 2.98. The summed E-state index contributed by atoms with van der Waals surface area (Å²) in [5.41, 5.74) is 0.975. The van der Waals surface area contributed by atoms with E-state index in [1.807, 2.05) is 24.3 Å². The maximum absolute atomic E-state index is 11.1. The summed E-state index contributed by atoms with van der Waals surface area (Å²) in [6.45, 7) is 1.14. The molecule has 0 bridgehead atoms. The van der Waals surface area contributed by atoms with Crippen LogP contribution in [0.4, 0.5) is 0 Å². The van der Waals surface area contributed by atoms with Crippen LogP contribution in [0.3, 0.4) is 0 Å². The Balaban J connectivity index is 1.82. The quantitative estimate of drug-likeness (QED) is 0.929. The van der Waals surface area contributed by atoms with Crippen LogP contribution in [0.5, 0.6) is 0 Å². The van der Waals surface area contributed by atoms with Gasteiger partial charge < -0.3 is 14.6 Å². The van der Waals surface area contributed by atoms with Crippen molar-refractivity contribution < 1.29 is 19.4 Å². The Kier molecular flexibility index (Phi) is 4.20. The molecule has 1 saturated heterocycles. The summed E-state index contributed by atoms with van der Waals surface area (Å²) in [5.74, 6) is -1.46. The van der Waals surface area contributed by atoms with Crippen LogP contribution in [0.25, 0.3) is 0 Å². The molecule has 1 aliphatic carbocycles. The number of carboxylic acid groups (broad SMARTS) is 1. The Morgan fingerprint density at radius 1 is 1.10 bits per heavy atom. The van der Waals surface area contributed by atoms with Gasteiger partial charge in [-0.1, -0.05) is 23.7 Å². The molecular weight excluding hydrogens is 292 g/mol. The van der Waals surface area contributed by atoms with E-state index in [9.17, 15) is 4.79 Å². The van der Waals surface area contributed by atoms with E-state index in [1.54, 1.807) is 0 Å². The maximum atomic E-state index is 11.1. The fourth-order valence-corrected chi connectivity index (χ4v) is 3.59. The first-order valence-electron chi connectivity index (χ1n) is 7.38. The van der Waals surface area contributed by atoms with E-state index < -0.39 is 11.8 Å². The summed E-state index contributed by atoms with van der Waals surface area (Å²) in [6, 6.07) is 7.56. The monoisotopic (exact) mass is 310 g/mol. The number of hydrogen-bond acceptors (Lipinski definition) is 3. The minimum atomic E-state index is -0.728. The highest BCUT2D eigenvalue weighted by Gasteiger charge is 2.47. The molecular formula is C16H19ClO4. The first-order chi connectivity index (χ1) is 10.1. The molecule has 1 aromatic rings. The summed E-state index contributed by atoms with van der Waals surface area (Å²) >= 11 is 5.96. The van der Waals surface area contributed by atoms with E-state index in [2.05, 4.69) is 0 Å². The first-order valence-corrected chi connectivity index (χ1v) is 7.76. The van der Waals surface area contributed by atoms with Crippen LogP contribution in [0, 0.1) is 11.8 Å². The number of halogens is 1. The van der Waals surface area contributed by atoms with E-state index in [4.69, 9.17) is 26.2 Å². The molecule has 3 rings (SSSR count). The Morgan fingerprint density at radius 2 is 1.67 bits per heavy atom. The van der Waals surface area contributed by atoms with Crippen LogP contribution in [-0.2, 0) is 20.1 Å². The maximum Gasteiger partial charge on any atom is 0.306 e. The topological polar surface area (TPSA) is 55.8 Å². The van der Waals surface area contributed by atoms with Crippen molar-refractivity contribution in [1.82, 2.24) is 0 Å². The molecule has 114 valence electrons. The molecule has 1 aromatic carbocycles. The normalized spacial score (nSPS) is 28.4. The van der Waals surface area contributed by atoms with Crippen molar-refractivity contribution in [3.63, 3.8) is 0 Å². The zero-order chi connectivity index (χ0) is 14.9. The number of benzene rings is 1. The Hall–Kier alpha value is -1.10. The van der Waals surface area contributed by atoms with Gasteiger partial charge in [-0.25, -0.2) is 0 Å². The van der Waals surface area contributed by atoms with Gasteiger partial charge in [0.05, 0.1) is 19.1 Å². The molecule has 1 N–H and O–H groups in total. The van der Waals surface area contributed by atoms with Gasteiger partial charge >= 0.3 is 5.97 Å². The minimum Gasteiger partial charge on any atom is -0.481 e. The Labute approximate surface area is 129 Å². The fourth-order valence-electron chi connectivity index (χ4n) is 3.47.